The fraction of sp³-hybridized carbons (Fsp3) is 0.233. The lowest BCUT2D eigenvalue weighted by molar-refractivity contribution is -0.116. The SMILES string of the molecule is Nc1ncc(/C=C/C(=O)NCCC2CCCCN2C(=O)O)c2scc(-c3ccc(Oc4ccccc4)cc3)c12. The topological polar surface area (TPSA) is 118 Å². The van der Waals surface area contributed by atoms with Gasteiger partial charge in [-0.15, -0.1) is 11.3 Å². The van der Waals surface area contributed by atoms with Gasteiger partial charge in [0.15, 0.2) is 0 Å². The maximum atomic E-state index is 12.5. The Bertz CT molecular complexity index is 1480. The van der Waals surface area contributed by atoms with Crippen molar-refractivity contribution in [1.29, 1.82) is 0 Å². The van der Waals surface area contributed by atoms with Gasteiger partial charge in [-0.25, -0.2) is 9.78 Å². The number of carbonyl (C=O) groups is 2. The Hall–Kier alpha value is -4.37. The van der Waals surface area contributed by atoms with E-state index in [0.717, 1.165) is 57.5 Å². The summed E-state index contributed by atoms with van der Waals surface area (Å²) in [5, 5.41) is 15.2. The molecule has 0 saturated carbocycles. The van der Waals surface area contributed by atoms with Gasteiger partial charge in [0.05, 0.1) is 0 Å². The minimum Gasteiger partial charge on any atom is -0.465 e. The monoisotopic (exact) mass is 542 g/mol. The van der Waals surface area contributed by atoms with Crippen LogP contribution in [0.4, 0.5) is 10.6 Å². The molecule has 1 aliphatic heterocycles. The maximum absolute atomic E-state index is 12.5. The first kappa shape index (κ1) is 26.2. The molecule has 0 spiro atoms. The number of carboxylic acid groups (broad SMARTS) is 1. The quantitative estimate of drug-likeness (QED) is 0.222. The predicted octanol–water partition coefficient (Wildman–Crippen LogP) is 6.39. The number of nitrogens with one attached hydrogen (secondary N) is 1. The largest absolute Gasteiger partial charge is 0.465 e. The van der Waals surface area contributed by atoms with Crippen LogP contribution in [-0.2, 0) is 4.79 Å². The number of likely N-dealkylation sites (tertiary alicyclic amines) is 1. The lowest BCUT2D eigenvalue weighted by Crippen LogP contribution is -2.44. The van der Waals surface area contributed by atoms with Crippen molar-refractivity contribution >= 4 is 45.3 Å². The Morgan fingerprint density at radius 1 is 1.13 bits per heavy atom. The van der Waals surface area contributed by atoms with E-state index in [-0.39, 0.29) is 11.9 Å². The predicted molar refractivity (Wildman–Crippen MR) is 155 cm³/mol. The van der Waals surface area contributed by atoms with Crippen molar-refractivity contribution < 1.29 is 19.4 Å². The summed E-state index contributed by atoms with van der Waals surface area (Å²) in [7, 11) is 0. The second-order valence-corrected chi connectivity index (χ2v) is 10.3. The molecule has 1 atom stereocenters. The molecule has 2 aromatic carbocycles. The molecule has 4 N–H and O–H groups in total. The number of nitrogens with zero attached hydrogens (tertiary/aromatic N) is 2. The zero-order valence-corrected chi connectivity index (χ0v) is 22.2. The van der Waals surface area contributed by atoms with Gasteiger partial charge >= 0.3 is 6.09 Å². The number of nitrogens with two attached hydrogens (primary N) is 1. The smallest absolute Gasteiger partial charge is 0.407 e. The van der Waals surface area contributed by atoms with Crippen LogP contribution < -0.4 is 15.8 Å². The molecule has 0 radical (unpaired) electrons. The van der Waals surface area contributed by atoms with Gasteiger partial charge < -0.3 is 25.8 Å². The van der Waals surface area contributed by atoms with Crippen molar-refractivity contribution in [3.8, 4) is 22.6 Å². The van der Waals surface area contributed by atoms with E-state index < -0.39 is 6.09 Å². The zero-order valence-electron chi connectivity index (χ0n) is 21.4. The number of amides is 2. The van der Waals surface area contributed by atoms with Gasteiger partial charge in [0.25, 0.3) is 0 Å². The van der Waals surface area contributed by atoms with Gasteiger partial charge in [0.2, 0.25) is 5.91 Å². The van der Waals surface area contributed by atoms with E-state index in [2.05, 4.69) is 10.3 Å². The second kappa shape index (κ2) is 12.0. The number of para-hydroxylation sites is 1. The molecule has 9 heteroatoms. The molecule has 2 aromatic heterocycles. The first-order chi connectivity index (χ1) is 19.0. The third-order valence-corrected chi connectivity index (χ3v) is 7.89. The standard InChI is InChI=1S/C30H30N4O4S/c31-29-27-25(20-9-12-24(13-10-20)38-23-7-2-1-3-8-23)19-39-28(27)21(18-33-29)11-14-26(35)32-16-15-22-6-4-5-17-34(22)30(36)37/h1-3,7-14,18-19,22H,4-6,15-17H2,(H2,31,33)(H,32,35)(H,36,37)/b14-11+. The van der Waals surface area contributed by atoms with Crippen LogP contribution in [0, 0.1) is 0 Å². The third-order valence-electron chi connectivity index (χ3n) is 6.86. The minimum atomic E-state index is -0.891. The van der Waals surface area contributed by atoms with Gasteiger partial charge in [-0.3, -0.25) is 4.79 Å². The number of anilines is 1. The number of piperidine rings is 1. The number of benzene rings is 2. The molecule has 39 heavy (non-hydrogen) atoms. The van der Waals surface area contributed by atoms with Gasteiger partial charge in [-0.05, 0) is 67.0 Å². The van der Waals surface area contributed by atoms with Gasteiger partial charge in [0, 0.05) is 52.6 Å². The van der Waals surface area contributed by atoms with E-state index in [9.17, 15) is 14.7 Å². The Balaban J connectivity index is 1.25. The molecule has 0 aliphatic carbocycles. The number of pyridine rings is 1. The molecule has 1 aliphatic rings. The number of hydrogen-bond donors (Lipinski definition) is 3. The molecule has 0 bridgehead atoms. The summed E-state index contributed by atoms with van der Waals surface area (Å²) in [6.45, 7) is 0.975. The molecule has 1 saturated heterocycles. The van der Waals surface area contributed by atoms with Crippen molar-refractivity contribution in [3.63, 3.8) is 0 Å². The molecule has 8 nitrogen and oxygen atoms in total. The number of carbonyl (C=O) groups excluding carboxylic acids is 1. The number of nitrogen functional groups attached to an aromatic ring is 1. The van der Waals surface area contributed by atoms with Crippen molar-refractivity contribution in [3.05, 3.63) is 77.8 Å². The highest BCUT2D eigenvalue weighted by molar-refractivity contribution is 7.18. The molecule has 5 rings (SSSR count). The van der Waals surface area contributed by atoms with Crippen LogP contribution in [0.1, 0.15) is 31.2 Å². The van der Waals surface area contributed by atoms with Crippen LogP contribution in [0.5, 0.6) is 11.5 Å². The molecule has 4 aromatic rings. The highest BCUT2D eigenvalue weighted by Gasteiger charge is 2.25. The van der Waals surface area contributed by atoms with Crippen molar-refractivity contribution in [1.82, 2.24) is 15.2 Å². The average Bonchev–Trinajstić information content (AvgIpc) is 3.40. The highest BCUT2D eigenvalue weighted by atomic mass is 32.1. The number of ether oxygens (including phenoxy) is 1. The van der Waals surface area contributed by atoms with Crippen LogP contribution in [-0.4, -0.2) is 46.1 Å². The highest BCUT2D eigenvalue weighted by Crippen LogP contribution is 2.39. The number of aromatic nitrogens is 1. The lowest BCUT2D eigenvalue weighted by Gasteiger charge is -2.33. The van der Waals surface area contributed by atoms with Crippen molar-refractivity contribution in [2.24, 2.45) is 0 Å². The fourth-order valence-corrected chi connectivity index (χ4v) is 5.96. The molecule has 2 amide bonds. The van der Waals surface area contributed by atoms with Crippen LogP contribution in [0.25, 0.3) is 27.3 Å². The van der Waals surface area contributed by atoms with E-state index in [4.69, 9.17) is 10.5 Å². The fourth-order valence-electron chi connectivity index (χ4n) is 4.88. The number of rotatable bonds is 8. The van der Waals surface area contributed by atoms with Crippen LogP contribution in [0.3, 0.4) is 0 Å². The van der Waals surface area contributed by atoms with Gasteiger partial charge in [-0.1, -0.05) is 30.3 Å². The lowest BCUT2D eigenvalue weighted by atomic mass is 10.00. The number of hydrogen-bond acceptors (Lipinski definition) is 6. The van der Waals surface area contributed by atoms with Crippen LogP contribution in [0.15, 0.2) is 72.3 Å². The van der Waals surface area contributed by atoms with Crippen molar-refractivity contribution in [2.75, 3.05) is 18.8 Å². The molecule has 3 heterocycles. The second-order valence-electron chi connectivity index (χ2n) is 9.43. The summed E-state index contributed by atoms with van der Waals surface area (Å²) < 4.78 is 6.85. The van der Waals surface area contributed by atoms with Gasteiger partial charge in [0.1, 0.15) is 17.3 Å². The summed E-state index contributed by atoms with van der Waals surface area (Å²) in [6, 6.07) is 17.4. The first-order valence-electron chi connectivity index (χ1n) is 12.9. The van der Waals surface area contributed by atoms with Crippen LogP contribution in [0.2, 0.25) is 0 Å². The van der Waals surface area contributed by atoms with Gasteiger partial charge in [-0.2, -0.15) is 0 Å². The Kier molecular flexibility index (Phi) is 8.07. The summed E-state index contributed by atoms with van der Waals surface area (Å²) >= 11 is 1.55. The minimum absolute atomic E-state index is 0.0510. The zero-order chi connectivity index (χ0) is 27.2. The first-order valence-corrected chi connectivity index (χ1v) is 13.8. The summed E-state index contributed by atoms with van der Waals surface area (Å²) in [4.78, 5) is 29.8. The molecule has 200 valence electrons. The molecular formula is C30H30N4O4S. The third kappa shape index (κ3) is 6.21. The molecular weight excluding hydrogens is 512 g/mol. The Morgan fingerprint density at radius 2 is 1.90 bits per heavy atom. The van der Waals surface area contributed by atoms with Crippen LogP contribution >= 0.6 is 11.3 Å². The number of thiophene rings is 1. The van der Waals surface area contributed by atoms with E-state index >= 15 is 0 Å². The van der Waals surface area contributed by atoms with E-state index in [1.165, 1.54) is 11.0 Å². The average molecular weight is 543 g/mol. The Morgan fingerprint density at radius 3 is 2.67 bits per heavy atom. The summed E-state index contributed by atoms with van der Waals surface area (Å²) in [5.41, 5.74) is 9.06. The summed E-state index contributed by atoms with van der Waals surface area (Å²) in [5.74, 6) is 1.71. The van der Waals surface area contributed by atoms with E-state index in [1.807, 2.05) is 60.0 Å². The molecule has 1 fully saturated rings. The van der Waals surface area contributed by atoms with E-state index in [0.29, 0.717) is 25.3 Å². The maximum Gasteiger partial charge on any atom is 0.407 e. The summed E-state index contributed by atoms with van der Waals surface area (Å²) in [6.07, 6.45) is 7.34. The Labute approximate surface area is 230 Å². The van der Waals surface area contributed by atoms with Crippen molar-refractivity contribution in [2.45, 2.75) is 31.7 Å². The van der Waals surface area contributed by atoms with E-state index in [1.54, 1.807) is 23.6 Å². The number of fused-ring (bicyclic) bond motifs is 1. The molecule has 1 unspecified atom stereocenters. The normalized spacial score (nSPS) is 15.5.